The number of anilines is 1. The van der Waals surface area contributed by atoms with E-state index in [1.165, 1.54) is 11.3 Å². The van der Waals surface area contributed by atoms with Crippen LogP contribution in [0.4, 0.5) is 5.69 Å². The lowest BCUT2D eigenvalue weighted by Gasteiger charge is -2.20. The van der Waals surface area contributed by atoms with Gasteiger partial charge in [-0.25, -0.2) is 9.98 Å². The fraction of sp³-hybridized carbons (Fsp3) is 0.333. The lowest BCUT2D eigenvalue weighted by molar-refractivity contribution is 0.508. The molecule has 156 valence electrons. The molecule has 0 radical (unpaired) electrons. The van der Waals surface area contributed by atoms with Gasteiger partial charge in [0.15, 0.2) is 11.7 Å². The van der Waals surface area contributed by atoms with Gasteiger partial charge >= 0.3 is 0 Å². The van der Waals surface area contributed by atoms with E-state index in [-0.39, 0.29) is 0 Å². The molecule has 0 saturated carbocycles. The van der Waals surface area contributed by atoms with Crippen LogP contribution in [-0.2, 0) is 6.54 Å². The maximum Gasteiger partial charge on any atom is 0.216 e. The van der Waals surface area contributed by atoms with Crippen LogP contribution in [0.5, 0.6) is 0 Å². The third kappa shape index (κ3) is 5.00. The van der Waals surface area contributed by atoms with Crippen LogP contribution in [0.3, 0.4) is 0 Å². The number of nitrogens with one attached hydrogen (secondary N) is 2. The highest BCUT2D eigenvalue weighted by Gasteiger charge is 2.23. The summed E-state index contributed by atoms with van der Waals surface area (Å²) < 4.78 is 5.90. The Morgan fingerprint density at radius 3 is 2.73 bits per heavy atom. The highest BCUT2D eigenvalue weighted by Crippen LogP contribution is 2.21. The minimum absolute atomic E-state index is 0.357. The Balaban J connectivity index is 1.37. The van der Waals surface area contributed by atoms with E-state index in [9.17, 15) is 0 Å². The van der Waals surface area contributed by atoms with Crippen LogP contribution in [0.2, 0.25) is 0 Å². The van der Waals surface area contributed by atoms with E-state index in [4.69, 9.17) is 4.42 Å². The summed E-state index contributed by atoms with van der Waals surface area (Å²) in [5.41, 5.74) is 3.52. The zero-order valence-corrected chi connectivity index (χ0v) is 17.6. The maximum absolute atomic E-state index is 5.90. The van der Waals surface area contributed by atoms with Gasteiger partial charge in [0, 0.05) is 36.9 Å². The van der Waals surface area contributed by atoms with Gasteiger partial charge in [-0.3, -0.25) is 0 Å². The van der Waals surface area contributed by atoms with Crippen molar-refractivity contribution in [3.05, 3.63) is 72.2 Å². The number of hydrogen-bond acceptors (Lipinski definition) is 4. The molecule has 2 aromatic carbocycles. The maximum atomic E-state index is 5.90. The molecule has 4 rings (SSSR count). The van der Waals surface area contributed by atoms with Crippen molar-refractivity contribution in [3.63, 3.8) is 0 Å². The first-order valence-electron chi connectivity index (χ1n) is 10.6. The molecule has 1 fully saturated rings. The average molecular weight is 404 g/mol. The summed E-state index contributed by atoms with van der Waals surface area (Å²) in [6.07, 6.45) is 2.85. The summed E-state index contributed by atoms with van der Waals surface area (Å²) in [4.78, 5) is 11.5. The fourth-order valence-corrected chi connectivity index (χ4v) is 3.65. The molecule has 0 bridgehead atoms. The number of aliphatic imine (C=N–C) groups is 1. The molecule has 1 aliphatic rings. The van der Waals surface area contributed by atoms with E-state index in [1.54, 1.807) is 6.20 Å². The third-order valence-corrected chi connectivity index (χ3v) is 5.26. The molecule has 30 heavy (non-hydrogen) atoms. The number of oxazole rings is 1. The lowest BCUT2D eigenvalue weighted by atomic mass is 10.1. The van der Waals surface area contributed by atoms with Gasteiger partial charge in [0.2, 0.25) is 5.89 Å². The summed E-state index contributed by atoms with van der Waals surface area (Å²) in [5.74, 6) is 2.18. The van der Waals surface area contributed by atoms with E-state index in [2.05, 4.69) is 81.8 Å². The number of guanidine groups is 1. The van der Waals surface area contributed by atoms with Gasteiger partial charge in [-0.1, -0.05) is 48.0 Å². The Kier molecular flexibility index (Phi) is 6.32. The van der Waals surface area contributed by atoms with Gasteiger partial charge in [0.25, 0.3) is 0 Å². The van der Waals surface area contributed by atoms with Crippen LogP contribution >= 0.6 is 0 Å². The summed E-state index contributed by atoms with van der Waals surface area (Å²) in [6, 6.07) is 19.2. The molecule has 2 heterocycles. The molecular formula is C24H29N5O. The predicted molar refractivity (Wildman–Crippen MR) is 122 cm³/mol. The Bertz CT molecular complexity index is 965. The van der Waals surface area contributed by atoms with Gasteiger partial charge in [-0.2, -0.15) is 0 Å². The van der Waals surface area contributed by atoms with Crippen LogP contribution in [0.15, 0.2) is 70.2 Å². The van der Waals surface area contributed by atoms with Crippen molar-refractivity contribution in [1.82, 2.24) is 15.6 Å². The molecule has 1 unspecified atom stereocenters. The molecule has 1 aliphatic heterocycles. The number of benzene rings is 2. The van der Waals surface area contributed by atoms with Crippen molar-refractivity contribution in [3.8, 4) is 11.3 Å². The first kappa shape index (κ1) is 20.0. The molecule has 3 aromatic rings. The molecule has 1 atom stereocenters. The Morgan fingerprint density at radius 1 is 1.17 bits per heavy atom. The normalized spacial score (nSPS) is 16.7. The molecule has 1 saturated heterocycles. The van der Waals surface area contributed by atoms with Crippen molar-refractivity contribution in [1.29, 1.82) is 0 Å². The van der Waals surface area contributed by atoms with Gasteiger partial charge in [-0.05, 0) is 32.4 Å². The Hall–Kier alpha value is -3.28. The van der Waals surface area contributed by atoms with Gasteiger partial charge in [0.1, 0.15) is 6.54 Å². The monoisotopic (exact) mass is 403 g/mol. The minimum atomic E-state index is 0.357. The third-order valence-electron chi connectivity index (χ3n) is 5.26. The number of aromatic nitrogens is 1. The van der Waals surface area contributed by atoms with Crippen LogP contribution in [-0.4, -0.2) is 36.6 Å². The second-order valence-corrected chi connectivity index (χ2v) is 7.59. The topological polar surface area (TPSA) is 65.7 Å². The van der Waals surface area contributed by atoms with E-state index in [0.29, 0.717) is 18.5 Å². The number of nitrogens with zero attached hydrogens (tertiary/aromatic N) is 3. The second kappa shape index (κ2) is 9.48. The van der Waals surface area contributed by atoms with Crippen molar-refractivity contribution in [2.24, 2.45) is 4.99 Å². The largest absolute Gasteiger partial charge is 0.439 e. The van der Waals surface area contributed by atoms with Crippen molar-refractivity contribution < 1.29 is 4.42 Å². The van der Waals surface area contributed by atoms with Crippen LogP contribution in [0.1, 0.15) is 24.8 Å². The number of para-hydroxylation sites is 1. The predicted octanol–water partition coefficient (Wildman–Crippen LogP) is 3.98. The number of aryl methyl sites for hydroxylation is 1. The minimum Gasteiger partial charge on any atom is -0.439 e. The zero-order chi connectivity index (χ0) is 20.8. The molecule has 1 aromatic heterocycles. The summed E-state index contributed by atoms with van der Waals surface area (Å²) in [5, 5.41) is 6.89. The SMILES string of the molecule is CCNC(=NCc1ncc(-c2ccc(C)cc2)o1)NC1CCN(c2ccccc2)C1. The smallest absolute Gasteiger partial charge is 0.216 e. The average Bonchev–Trinajstić information content (AvgIpc) is 3.43. The van der Waals surface area contributed by atoms with Crippen molar-refractivity contribution in [2.45, 2.75) is 32.9 Å². The molecular weight excluding hydrogens is 374 g/mol. The number of rotatable bonds is 6. The van der Waals surface area contributed by atoms with Crippen LogP contribution in [0, 0.1) is 6.92 Å². The quantitative estimate of drug-likeness (QED) is 0.481. The molecule has 6 nitrogen and oxygen atoms in total. The van der Waals surface area contributed by atoms with Crippen molar-refractivity contribution in [2.75, 3.05) is 24.5 Å². The van der Waals surface area contributed by atoms with Crippen LogP contribution < -0.4 is 15.5 Å². The van der Waals surface area contributed by atoms with E-state index >= 15 is 0 Å². The second-order valence-electron chi connectivity index (χ2n) is 7.59. The van der Waals surface area contributed by atoms with E-state index < -0.39 is 0 Å². The highest BCUT2D eigenvalue weighted by molar-refractivity contribution is 5.80. The Labute approximate surface area is 178 Å². The standard InChI is InChI=1S/C24H29N5O/c1-3-25-24(28-20-13-14-29(17-20)21-7-5-4-6-8-21)27-16-23-26-15-22(30-23)19-11-9-18(2)10-12-19/h4-12,15,20H,3,13-14,16-17H2,1-2H3,(H2,25,27,28). The van der Waals surface area contributed by atoms with Crippen LogP contribution in [0.25, 0.3) is 11.3 Å². The summed E-state index contributed by atoms with van der Waals surface area (Å²) in [6.45, 7) is 7.36. The fourth-order valence-electron chi connectivity index (χ4n) is 3.65. The van der Waals surface area contributed by atoms with Crippen molar-refractivity contribution >= 4 is 11.6 Å². The summed E-state index contributed by atoms with van der Waals surface area (Å²) in [7, 11) is 0. The molecule has 2 N–H and O–H groups in total. The van der Waals surface area contributed by atoms with E-state index in [1.807, 2.05) is 12.1 Å². The number of hydrogen-bond donors (Lipinski definition) is 2. The van der Waals surface area contributed by atoms with E-state index in [0.717, 1.165) is 43.3 Å². The van der Waals surface area contributed by atoms with Gasteiger partial charge in [-0.15, -0.1) is 0 Å². The van der Waals surface area contributed by atoms with Gasteiger partial charge < -0.3 is 20.0 Å². The first-order chi connectivity index (χ1) is 14.7. The Morgan fingerprint density at radius 2 is 1.97 bits per heavy atom. The lowest BCUT2D eigenvalue weighted by Crippen LogP contribution is -2.44. The molecule has 0 amide bonds. The molecule has 0 aliphatic carbocycles. The van der Waals surface area contributed by atoms with Gasteiger partial charge in [0.05, 0.1) is 6.20 Å². The highest BCUT2D eigenvalue weighted by atomic mass is 16.4. The molecule has 0 spiro atoms. The first-order valence-corrected chi connectivity index (χ1v) is 10.6. The zero-order valence-electron chi connectivity index (χ0n) is 17.6. The molecule has 6 heteroatoms. The summed E-state index contributed by atoms with van der Waals surface area (Å²) >= 11 is 0.